The molecule has 2 nitrogen and oxygen atoms in total. The third-order valence-corrected chi connectivity index (χ3v) is 4.76. The molecule has 2 aromatic rings. The Kier molecular flexibility index (Phi) is 4.67. The van der Waals surface area contributed by atoms with Gasteiger partial charge < -0.3 is 4.90 Å². The van der Waals surface area contributed by atoms with E-state index in [4.69, 9.17) is 11.6 Å². The van der Waals surface area contributed by atoms with Crippen LogP contribution in [0.25, 0.3) is 0 Å². The predicted molar refractivity (Wildman–Crippen MR) is 90.0 cm³/mol. The molecule has 0 fully saturated rings. The number of aryl methyl sites for hydroxylation is 1. The Bertz CT molecular complexity index is 714. The van der Waals surface area contributed by atoms with Crippen LogP contribution >= 0.6 is 11.6 Å². The molecular formula is C19H19ClFNO. The van der Waals surface area contributed by atoms with Gasteiger partial charge in [-0.25, -0.2) is 4.39 Å². The third-order valence-electron chi connectivity index (χ3n) is 4.51. The molecule has 0 saturated carbocycles. The van der Waals surface area contributed by atoms with Gasteiger partial charge in [-0.05, 0) is 60.7 Å². The van der Waals surface area contributed by atoms with Gasteiger partial charge in [0.05, 0.1) is 6.04 Å². The largest absolute Gasteiger partial charge is 0.336 e. The highest BCUT2D eigenvalue weighted by Crippen LogP contribution is 2.30. The molecule has 0 bridgehead atoms. The van der Waals surface area contributed by atoms with E-state index >= 15 is 0 Å². The van der Waals surface area contributed by atoms with E-state index in [-0.39, 0.29) is 17.8 Å². The molecule has 1 heterocycles. The van der Waals surface area contributed by atoms with Crippen LogP contribution in [-0.4, -0.2) is 17.4 Å². The zero-order valence-corrected chi connectivity index (χ0v) is 13.8. The minimum absolute atomic E-state index is 0.0767. The first kappa shape index (κ1) is 16.0. The van der Waals surface area contributed by atoms with Crippen LogP contribution in [0, 0.1) is 5.82 Å². The Morgan fingerprint density at radius 3 is 2.74 bits per heavy atom. The highest BCUT2D eigenvalue weighted by Gasteiger charge is 2.27. The maximum Gasteiger partial charge on any atom is 0.223 e. The number of hydrogen-bond acceptors (Lipinski definition) is 1. The van der Waals surface area contributed by atoms with Crippen molar-refractivity contribution in [2.24, 2.45) is 0 Å². The van der Waals surface area contributed by atoms with Crippen LogP contribution in [0.1, 0.15) is 36.1 Å². The first-order valence-electron chi connectivity index (χ1n) is 7.87. The molecule has 2 aromatic carbocycles. The van der Waals surface area contributed by atoms with Crippen molar-refractivity contribution in [3.8, 4) is 0 Å². The Morgan fingerprint density at radius 1 is 1.26 bits per heavy atom. The third kappa shape index (κ3) is 3.56. The summed E-state index contributed by atoms with van der Waals surface area (Å²) in [7, 11) is 0. The molecule has 0 aromatic heterocycles. The molecule has 1 aliphatic heterocycles. The smallest absolute Gasteiger partial charge is 0.223 e. The molecule has 1 unspecified atom stereocenters. The molecule has 23 heavy (non-hydrogen) atoms. The second kappa shape index (κ2) is 6.71. The van der Waals surface area contributed by atoms with E-state index < -0.39 is 0 Å². The van der Waals surface area contributed by atoms with E-state index in [1.165, 1.54) is 6.07 Å². The minimum Gasteiger partial charge on any atom is -0.336 e. The SMILES string of the molecule is CC1c2cc(F)ccc2CCN1C(=O)CCc1ccc(Cl)cc1. The lowest BCUT2D eigenvalue weighted by Gasteiger charge is -2.35. The molecule has 0 radical (unpaired) electrons. The lowest BCUT2D eigenvalue weighted by Crippen LogP contribution is -2.39. The zero-order chi connectivity index (χ0) is 16.4. The number of halogens is 2. The number of fused-ring (bicyclic) bond motifs is 1. The van der Waals surface area contributed by atoms with E-state index in [1.807, 2.05) is 42.2 Å². The fourth-order valence-corrected chi connectivity index (χ4v) is 3.30. The van der Waals surface area contributed by atoms with E-state index in [0.717, 1.165) is 23.1 Å². The normalized spacial score (nSPS) is 17.0. The molecule has 1 aliphatic rings. The standard InChI is InChI=1S/C19H19ClFNO/c1-13-18-12-17(21)8-5-15(18)10-11-22(13)19(23)9-4-14-2-6-16(20)7-3-14/h2-3,5-8,12-13H,4,9-11H2,1H3. The summed E-state index contributed by atoms with van der Waals surface area (Å²) in [6.45, 7) is 2.66. The second-order valence-electron chi connectivity index (χ2n) is 5.98. The molecule has 120 valence electrons. The summed E-state index contributed by atoms with van der Waals surface area (Å²) in [5.74, 6) is -0.131. The van der Waals surface area contributed by atoms with E-state index in [1.54, 1.807) is 6.07 Å². The van der Waals surface area contributed by atoms with Crippen molar-refractivity contribution in [1.82, 2.24) is 4.90 Å². The Morgan fingerprint density at radius 2 is 2.00 bits per heavy atom. The van der Waals surface area contributed by atoms with Crippen molar-refractivity contribution in [2.75, 3.05) is 6.54 Å². The molecule has 3 rings (SSSR count). The van der Waals surface area contributed by atoms with Gasteiger partial charge in [0.1, 0.15) is 5.82 Å². The number of hydrogen-bond donors (Lipinski definition) is 0. The monoisotopic (exact) mass is 331 g/mol. The summed E-state index contributed by atoms with van der Waals surface area (Å²) >= 11 is 5.87. The average molecular weight is 332 g/mol. The van der Waals surface area contributed by atoms with Crippen LogP contribution in [0.3, 0.4) is 0 Å². The topological polar surface area (TPSA) is 20.3 Å². The van der Waals surface area contributed by atoms with Gasteiger partial charge >= 0.3 is 0 Å². The maximum absolute atomic E-state index is 13.5. The number of nitrogens with zero attached hydrogens (tertiary/aromatic N) is 1. The fraction of sp³-hybridized carbons (Fsp3) is 0.316. The average Bonchev–Trinajstić information content (AvgIpc) is 2.55. The summed E-state index contributed by atoms with van der Waals surface area (Å²) in [4.78, 5) is 14.4. The molecule has 1 amide bonds. The number of benzene rings is 2. The maximum atomic E-state index is 13.5. The number of amides is 1. The van der Waals surface area contributed by atoms with Gasteiger partial charge in [0.15, 0.2) is 0 Å². The summed E-state index contributed by atoms with van der Waals surface area (Å²) in [6, 6.07) is 12.4. The van der Waals surface area contributed by atoms with Gasteiger partial charge in [-0.3, -0.25) is 4.79 Å². The molecule has 0 spiro atoms. The molecule has 1 atom stereocenters. The number of carbonyl (C=O) groups is 1. The van der Waals surface area contributed by atoms with Crippen LogP contribution in [0.2, 0.25) is 5.02 Å². The van der Waals surface area contributed by atoms with Crippen molar-refractivity contribution in [2.45, 2.75) is 32.2 Å². The molecule has 0 N–H and O–H groups in total. The van der Waals surface area contributed by atoms with E-state index in [9.17, 15) is 9.18 Å². The Labute approximate surface area is 140 Å². The Balaban J connectivity index is 1.67. The van der Waals surface area contributed by atoms with Crippen LogP contribution in [0.4, 0.5) is 4.39 Å². The fourth-order valence-electron chi connectivity index (χ4n) is 3.17. The first-order chi connectivity index (χ1) is 11.0. The summed E-state index contributed by atoms with van der Waals surface area (Å²) in [5, 5.41) is 0.698. The molecular weight excluding hydrogens is 313 g/mol. The molecule has 0 saturated heterocycles. The second-order valence-corrected chi connectivity index (χ2v) is 6.42. The summed E-state index contributed by atoms with van der Waals surface area (Å²) in [6.07, 6.45) is 1.93. The van der Waals surface area contributed by atoms with Gasteiger partial charge in [-0.2, -0.15) is 0 Å². The van der Waals surface area contributed by atoms with Gasteiger partial charge in [0.2, 0.25) is 5.91 Å². The first-order valence-corrected chi connectivity index (χ1v) is 8.24. The highest BCUT2D eigenvalue weighted by atomic mass is 35.5. The Hall–Kier alpha value is -1.87. The minimum atomic E-state index is -0.244. The highest BCUT2D eigenvalue weighted by molar-refractivity contribution is 6.30. The van der Waals surface area contributed by atoms with Crippen LogP contribution in [-0.2, 0) is 17.6 Å². The van der Waals surface area contributed by atoms with Crippen molar-refractivity contribution in [3.05, 3.63) is 70.0 Å². The van der Waals surface area contributed by atoms with Crippen LogP contribution in [0.5, 0.6) is 0 Å². The van der Waals surface area contributed by atoms with E-state index in [2.05, 4.69) is 0 Å². The molecule has 0 aliphatic carbocycles. The summed E-state index contributed by atoms with van der Waals surface area (Å²) in [5.41, 5.74) is 3.16. The lowest BCUT2D eigenvalue weighted by atomic mass is 9.93. The number of carbonyl (C=O) groups excluding carboxylic acids is 1. The van der Waals surface area contributed by atoms with Crippen molar-refractivity contribution < 1.29 is 9.18 Å². The van der Waals surface area contributed by atoms with Gasteiger partial charge in [-0.1, -0.05) is 29.8 Å². The van der Waals surface area contributed by atoms with Crippen LogP contribution < -0.4 is 0 Å². The zero-order valence-electron chi connectivity index (χ0n) is 13.1. The van der Waals surface area contributed by atoms with Gasteiger partial charge in [-0.15, -0.1) is 0 Å². The quantitative estimate of drug-likeness (QED) is 0.807. The van der Waals surface area contributed by atoms with Crippen LogP contribution in [0.15, 0.2) is 42.5 Å². The van der Waals surface area contributed by atoms with Gasteiger partial charge in [0.25, 0.3) is 0 Å². The summed E-state index contributed by atoms with van der Waals surface area (Å²) < 4.78 is 13.5. The van der Waals surface area contributed by atoms with E-state index in [0.29, 0.717) is 24.4 Å². The van der Waals surface area contributed by atoms with Crippen molar-refractivity contribution >= 4 is 17.5 Å². The number of rotatable bonds is 3. The lowest BCUT2D eigenvalue weighted by molar-refractivity contribution is -0.133. The van der Waals surface area contributed by atoms with Crippen molar-refractivity contribution in [3.63, 3.8) is 0 Å². The van der Waals surface area contributed by atoms with Gasteiger partial charge in [0, 0.05) is 18.0 Å². The van der Waals surface area contributed by atoms with Crippen molar-refractivity contribution in [1.29, 1.82) is 0 Å². The molecule has 4 heteroatoms. The predicted octanol–water partition coefficient (Wildman–Crippen LogP) is 4.56.